The topological polar surface area (TPSA) is 225 Å². The molecule has 0 aromatic carbocycles. The molecule has 194 valence electrons. The number of thioether (sulfide) groups is 2. The van der Waals surface area contributed by atoms with Crippen LogP contribution in [0.5, 0.6) is 0 Å². The summed E-state index contributed by atoms with van der Waals surface area (Å²) in [5.41, 5.74) is 5.50. The highest BCUT2D eigenvalue weighted by molar-refractivity contribution is 7.98. The standard InChI is InChI=1S/C19H32N4O9S2/c1-33-7-5-12(18(30)23-13(19(31)32)6-8-34-2)22-17(29)11(3-4-14(24)25)21-16(28)10(20)9-15(26)27/h10-13H,3-9,20H2,1-2H3,(H,21,28)(H,22,29)(H,23,30)(H,24,25)(H,26,27)(H,31,32). The van der Waals surface area contributed by atoms with Crippen LogP contribution in [0, 0.1) is 0 Å². The Bertz CT molecular complexity index is 739. The van der Waals surface area contributed by atoms with Crippen LogP contribution in [0.15, 0.2) is 0 Å². The molecule has 0 aliphatic carbocycles. The van der Waals surface area contributed by atoms with Gasteiger partial charge in [0.05, 0.1) is 12.5 Å². The van der Waals surface area contributed by atoms with Gasteiger partial charge in [-0.25, -0.2) is 4.79 Å². The Morgan fingerprint density at radius 1 is 0.706 bits per heavy atom. The van der Waals surface area contributed by atoms with E-state index in [0.717, 1.165) is 0 Å². The van der Waals surface area contributed by atoms with E-state index in [1.54, 1.807) is 12.5 Å². The van der Waals surface area contributed by atoms with Crippen molar-refractivity contribution in [2.24, 2.45) is 5.73 Å². The number of rotatable bonds is 18. The van der Waals surface area contributed by atoms with Gasteiger partial charge in [-0.2, -0.15) is 23.5 Å². The molecule has 4 atom stereocenters. The number of hydrogen-bond donors (Lipinski definition) is 7. The van der Waals surface area contributed by atoms with Crippen molar-refractivity contribution in [2.45, 2.75) is 56.3 Å². The molecule has 0 aromatic rings. The van der Waals surface area contributed by atoms with E-state index in [4.69, 9.17) is 15.9 Å². The fourth-order valence-corrected chi connectivity index (χ4v) is 3.58. The summed E-state index contributed by atoms with van der Waals surface area (Å²) in [5, 5.41) is 34.1. The summed E-state index contributed by atoms with van der Waals surface area (Å²) in [5.74, 6) is -5.46. The van der Waals surface area contributed by atoms with Gasteiger partial charge in [0, 0.05) is 6.42 Å². The number of carbonyl (C=O) groups is 6. The minimum atomic E-state index is -1.47. The quantitative estimate of drug-likeness (QED) is 0.111. The SMILES string of the molecule is CSCCC(NC(=O)C(CCSC)NC(=O)C(CCC(=O)O)NC(=O)C(N)CC(=O)O)C(=O)O. The first-order valence-corrected chi connectivity index (χ1v) is 13.0. The van der Waals surface area contributed by atoms with Crippen LogP contribution in [0.2, 0.25) is 0 Å². The van der Waals surface area contributed by atoms with Gasteiger partial charge >= 0.3 is 17.9 Å². The number of amides is 3. The van der Waals surface area contributed by atoms with Crippen molar-refractivity contribution in [3.05, 3.63) is 0 Å². The molecule has 0 aliphatic rings. The Balaban J connectivity index is 5.49. The first kappa shape index (κ1) is 31.5. The number of carboxylic acid groups (broad SMARTS) is 3. The molecule has 0 aromatic heterocycles. The summed E-state index contributed by atoms with van der Waals surface area (Å²) in [6, 6.07) is -5.18. The average Bonchev–Trinajstić information content (AvgIpc) is 2.75. The summed E-state index contributed by atoms with van der Waals surface area (Å²) < 4.78 is 0. The highest BCUT2D eigenvalue weighted by Crippen LogP contribution is 2.07. The fourth-order valence-electron chi connectivity index (χ4n) is 2.64. The van der Waals surface area contributed by atoms with Crippen LogP contribution >= 0.6 is 23.5 Å². The molecule has 8 N–H and O–H groups in total. The number of aliphatic carboxylic acids is 3. The molecule has 0 rings (SSSR count). The van der Waals surface area contributed by atoms with Gasteiger partial charge in [-0.15, -0.1) is 0 Å². The lowest BCUT2D eigenvalue weighted by Crippen LogP contribution is -2.57. The lowest BCUT2D eigenvalue weighted by molar-refractivity contribution is -0.142. The van der Waals surface area contributed by atoms with Gasteiger partial charge in [-0.1, -0.05) is 0 Å². The van der Waals surface area contributed by atoms with Gasteiger partial charge < -0.3 is 37.0 Å². The second-order valence-corrected chi connectivity index (χ2v) is 9.19. The molecule has 34 heavy (non-hydrogen) atoms. The molecule has 13 nitrogen and oxygen atoms in total. The van der Waals surface area contributed by atoms with Crippen LogP contribution in [-0.4, -0.2) is 99.1 Å². The van der Waals surface area contributed by atoms with E-state index in [-0.39, 0.29) is 19.3 Å². The summed E-state index contributed by atoms with van der Waals surface area (Å²) >= 11 is 2.79. The molecule has 0 bridgehead atoms. The zero-order valence-electron chi connectivity index (χ0n) is 18.9. The maximum Gasteiger partial charge on any atom is 0.326 e. The number of carboxylic acids is 3. The normalized spacial score (nSPS) is 14.2. The third-order valence-corrected chi connectivity index (χ3v) is 5.77. The van der Waals surface area contributed by atoms with Crippen LogP contribution in [0.4, 0.5) is 0 Å². The van der Waals surface area contributed by atoms with E-state index in [9.17, 15) is 33.9 Å². The molecule has 0 aliphatic heterocycles. The monoisotopic (exact) mass is 524 g/mol. The zero-order chi connectivity index (χ0) is 26.3. The average molecular weight is 525 g/mol. The highest BCUT2D eigenvalue weighted by atomic mass is 32.2. The Labute approximate surface area is 205 Å². The Kier molecular flexibility index (Phi) is 15.7. The lowest BCUT2D eigenvalue weighted by atomic mass is 10.1. The Morgan fingerprint density at radius 3 is 1.59 bits per heavy atom. The van der Waals surface area contributed by atoms with Crippen molar-refractivity contribution in [1.82, 2.24) is 16.0 Å². The third kappa shape index (κ3) is 13.3. The minimum absolute atomic E-state index is 0.145. The number of hydrogen-bond acceptors (Lipinski definition) is 9. The first-order valence-electron chi connectivity index (χ1n) is 10.2. The summed E-state index contributed by atoms with van der Waals surface area (Å²) in [6.45, 7) is 0. The Morgan fingerprint density at radius 2 is 1.15 bits per heavy atom. The first-order chi connectivity index (χ1) is 15.9. The minimum Gasteiger partial charge on any atom is -0.481 e. The molecule has 4 unspecified atom stereocenters. The molecule has 0 saturated carbocycles. The van der Waals surface area contributed by atoms with Crippen LogP contribution < -0.4 is 21.7 Å². The molecule has 0 fully saturated rings. The number of carbonyl (C=O) groups excluding carboxylic acids is 3. The second kappa shape index (κ2) is 17.0. The maximum atomic E-state index is 12.8. The fraction of sp³-hybridized carbons (Fsp3) is 0.684. The second-order valence-electron chi connectivity index (χ2n) is 7.22. The van der Waals surface area contributed by atoms with E-state index >= 15 is 0 Å². The maximum absolute atomic E-state index is 12.8. The van der Waals surface area contributed by atoms with Gasteiger partial charge in [0.2, 0.25) is 17.7 Å². The van der Waals surface area contributed by atoms with E-state index < -0.39 is 72.6 Å². The van der Waals surface area contributed by atoms with Gasteiger partial charge in [-0.05, 0) is 43.3 Å². The van der Waals surface area contributed by atoms with Crippen LogP contribution in [-0.2, 0) is 28.8 Å². The van der Waals surface area contributed by atoms with Crippen molar-refractivity contribution in [3.63, 3.8) is 0 Å². The molecule has 0 spiro atoms. The van der Waals surface area contributed by atoms with Gasteiger partial charge in [0.15, 0.2) is 0 Å². The van der Waals surface area contributed by atoms with Crippen LogP contribution in [0.25, 0.3) is 0 Å². The molecule has 15 heteroatoms. The molecule has 0 heterocycles. The summed E-state index contributed by atoms with van der Waals surface area (Å²) in [4.78, 5) is 70.9. The van der Waals surface area contributed by atoms with Crippen molar-refractivity contribution >= 4 is 59.2 Å². The predicted molar refractivity (Wildman–Crippen MR) is 127 cm³/mol. The number of nitrogens with one attached hydrogen (secondary N) is 3. The number of nitrogens with two attached hydrogens (primary N) is 1. The van der Waals surface area contributed by atoms with Crippen LogP contribution in [0.1, 0.15) is 32.1 Å². The lowest BCUT2D eigenvalue weighted by Gasteiger charge is -2.25. The van der Waals surface area contributed by atoms with Crippen molar-refractivity contribution in [2.75, 3.05) is 24.0 Å². The zero-order valence-corrected chi connectivity index (χ0v) is 20.6. The molecule has 0 saturated heterocycles. The largest absolute Gasteiger partial charge is 0.481 e. The molecular formula is C19H32N4O9S2. The molecular weight excluding hydrogens is 492 g/mol. The predicted octanol–water partition coefficient (Wildman–Crippen LogP) is -1.30. The molecule has 3 amide bonds. The summed E-state index contributed by atoms with van der Waals surface area (Å²) in [6.07, 6.45) is 2.34. The van der Waals surface area contributed by atoms with Crippen molar-refractivity contribution in [1.29, 1.82) is 0 Å². The van der Waals surface area contributed by atoms with Crippen LogP contribution in [0.3, 0.4) is 0 Å². The molecule has 0 radical (unpaired) electrons. The van der Waals surface area contributed by atoms with Crippen molar-refractivity contribution in [3.8, 4) is 0 Å². The van der Waals surface area contributed by atoms with Gasteiger partial charge in [0.25, 0.3) is 0 Å². The van der Waals surface area contributed by atoms with E-state index in [1.165, 1.54) is 23.5 Å². The van der Waals surface area contributed by atoms with E-state index in [0.29, 0.717) is 11.5 Å². The van der Waals surface area contributed by atoms with E-state index in [2.05, 4.69) is 16.0 Å². The highest BCUT2D eigenvalue weighted by Gasteiger charge is 2.30. The van der Waals surface area contributed by atoms with Gasteiger partial charge in [-0.3, -0.25) is 24.0 Å². The van der Waals surface area contributed by atoms with E-state index in [1.807, 2.05) is 0 Å². The third-order valence-electron chi connectivity index (χ3n) is 4.48. The Hall–Kier alpha value is -2.52. The van der Waals surface area contributed by atoms with Gasteiger partial charge in [0.1, 0.15) is 18.1 Å². The smallest absolute Gasteiger partial charge is 0.326 e. The summed E-state index contributed by atoms with van der Waals surface area (Å²) in [7, 11) is 0. The van der Waals surface area contributed by atoms with Crippen molar-refractivity contribution < 1.29 is 44.1 Å².